The summed E-state index contributed by atoms with van der Waals surface area (Å²) in [5, 5.41) is 8.74. The third-order valence-corrected chi connectivity index (χ3v) is 1.95. The predicted molar refractivity (Wildman–Crippen MR) is 44.1 cm³/mol. The first-order valence-electron chi connectivity index (χ1n) is 3.10. The molecule has 0 saturated carbocycles. The highest BCUT2D eigenvalue weighted by molar-refractivity contribution is 9.08. The second-order valence-electron chi connectivity index (χ2n) is 2.23. The zero-order valence-corrected chi connectivity index (χ0v) is 7.64. The number of aryl methyl sites for hydroxylation is 2. The Morgan fingerprint density at radius 3 is 2.60 bits per heavy atom. The summed E-state index contributed by atoms with van der Waals surface area (Å²) in [7, 11) is 0. The maximum absolute atomic E-state index is 3.97. The first-order chi connectivity index (χ1) is 4.74. The predicted octanol–water partition coefficient (Wildman–Crippen LogP) is 1.99. The van der Waals surface area contributed by atoms with Crippen LogP contribution in [-0.4, -0.2) is 10.2 Å². The maximum atomic E-state index is 3.97. The molecule has 54 valence electrons. The Hall–Kier alpha value is -0.440. The highest BCUT2D eigenvalue weighted by Crippen LogP contribution is 2.08. The van der Waals surface area contributed by atoms with E-state index < -0.39 is 0 Å². The van der Waals surface area contributed by atoms with Crippen LogP contribution in [0.1, 0.15) is 17.0 Å². The smallest absolute Gasteiger partial charge is 0.0640 e. The normalized spacial score (nSPS) is 9.90. The summed E-state index contributed by atoms with van der Waals surface area (Å²) in [4.78, 5) is 0. The molecule has 0 aliphatic heterocycles. The van der Waals surface area contributed by atoms with Crippen LogP contribution in [0.4, 0.5) is 0 Å². The van der Waals surface area contributed by atoms with Crippen molar-refractivity contribution in [1.29, 1.82) is 0 Å². The van der Waals surface area contributed by atoms with E-state index in [2.05, 4.69) is 26.1 Å². The van der Waals surface area contributed by atoms with Gasteiger partial charge in [-0.2, -0.15) is 10.2 Å². The van der Waals surface area contributed by atoms with Gasteiger partial charge in [0, 0.05) is 5.33 Å². The van der Waals surface area contributed by atoms with Gasteiger partial charge in [-0.1, -0.05) is 15.9 Å². The molecule has 0 saturated heterocycles. The SMILES string of the molecule is Cc1cc(CBr)c(C)nn1. The molecule has 0 radical (unpaired) electrons. The van der Waals surface area contributed by atoms with Crippen molar-refractivity contribution in [2.24, 2.45) is 0 Å². The van der Waals surface area contributed by atoms with Crippen molar-refractivity contribution < 1.29 is 0 Å². The van der Waals surface area contributed by atoms with E-state index in [1.165, 1.54) is 5.56 Å². The number of nitrogens with zero attached hydrogens (tertiary/aromatic N) is 2. The molecule has 10 heavy (non-hydrogen) atoms. The van der Waals surface area contributed by atoms with Gasteiger partial charge in [-0.05, 0) is 25.5 Å². The fraction of sp³-hybridized carbons (Fsp3) is 0.429. The molecule has 0 N–H and O–H groups in total. The Balaban J connectivity index is 3.09. The molecule has 1 aromatic rings. The molecule has 0 spiro atoms. The van der Waals surface area contributed by atoms with Crippen molar-refractivity contribution in [3.63, 3.8) is 0 Å². The van der Waals surface area contributed by atoms with E-state index in [9.17, 15) is 0 Å². The minimum absolute atomic E-state index is 0.856. The minimum atomic E-state index is 0.856. The van der Waals surface area contributed by atoms with E-state index in [0.29, 0.717) is 0 Å². The molecule has 0 bridgehead atoms. The summed E-state index contributed by atoms with van der Waals surface area (Å²) < 4.78 is 0. The van der Waals surface area contributed by atoms with Gasteiger partial charge in [0.05, 0.1) is 11.4 Å². The Morgan fingerprint density at radius 2 is 2.10 bits per heavy atom. The standard InChI is InChI=1S/C7H9BrN2/c1-5-3-7(4-8)6(2)10-9-5/h3H,4H2,1-2H3. The third kappa shape index (κ3) is 1.53. The molecule has 0 aliphatic carbocycles. The average Bonchev–Trinajstić information content (AvgIpc) is 1.94. The molecule has 1 heterocycles. The lowest BCUT2D eigenvalue weighted by Gasteiger charge is -1.98. The first-order valence-corrected chi connectivity index (χ1v) is 4.22. The van der Waals surface area contributed by atoms with Crippen molar-refractivity contribution in [2.45, 2.75) is 19.2 Å². The summed E-state index contributed by atoms with van der Waals surface area (Å²) in [6.07, 6.45) is 0. The summed E-state index contributed by atoms with van der Waals surface area (Å²) in [5.74, 6) is 0. The van der Waals surface area contributed by atoms with Crippen molar-refractivity contribution >= 4 is 15.9 Å². The molecule has 0 aromatic carbocycles. The van der Waals surface area contributed by atoms with E-state index in [-0.39, 0.29) is 0 Å². The lowest BCUT2D eigenvalue weighted by Crippen LogP contribution is -1.94. The van der Waals surface area contributed by atoms with E-state index in [1.807, 2.05) is 19.9 Å². The quantitative estimate of drug-likeness (QED) is 0.649. The summed E-state index contributed by atoms with van der Waals surface area (Å²) in [6, 6.07) is 2.04. The van der Waals surface area contributed by atoms with E-state index in [1.54, 1.807) is 0 Å². The van der Waals surface area contributed by atoms with Gasteiger partial charge in [-0.3, -0.25) is 0 Å². The second kappa shape index (κ2) is 3.10. The number of hydrogen-bond acceptors (Lipinski definition) is 2. The molecule has 0 fully saturated rings. The molecular formula is C7H9BrN2. The van der Waals surface area contributed by atoms with Gasteiger partial charge >= 0.3 is 0 Å². The highest BCUT2D eigenvalue weighted by atomic mass is 79.9. The number of hydrogen-bond donors (Lipinski definition) is 0. The molecule has 0 amide bonds. The Bertz CT molecular complexity index is 235. The van der Waals surface area contributed by atoms with Crippen molar-refractivity contribution in [1.82, 2.24) is 10.2 Å². The van der Waals surface area contributed by atoms with Crippen LogP contribution in [0, 0.1) is 13.8 Å². The molecule has 3 heteroatoms. The molecule has 0 aliphatic rings. The average molecular weight is 201 g/mol. The summed E-state index contributed by atoms with van der Waals surface area (Å²) >= 11 is 3.37. The Kier molecular flexibility index (Phi) is 2.38. The topological polar surface area (TPSA) is 25.8 Å². The maximum Gasteiger partial charge on any atom is 0.0640 e. The molecule has 0 atom stereocenters. The van der Waals surface area contributed by atoms with Crippen LogP contribution >= 0.6 is 15.9 Å². The van der Waals surface area contributed by atoms with E-state index in [4.69, 9.17) is 0 Å². The number of alkyl halides is 1. The second-order valence-corrected chi connectivity index (χ2v) is 2.79. The molecule has 1 rings (SSSR count). The van der Waals surface area contributed by atoms with Gasteiger partial charge in [0.15, 0.2) is 0 Å². The first kappa shape index (κ1) is 7.66. The van der Waals surface area contributed by atoms with Crippen molar-refractivity contribution in [2.75, 3.05) is 0 Å². The fourth-order valence-corrected chi connectivity index (χ4v) is 1.31. The lowest BCUT2D eigenvalue weighted by atomic mass is 10.2. The molecule has 0 unspecified atom stereocenters. The van der Waals surface area contributed by atoms with Gasteiger partial charge in [0.25, 0.3) is 0 Å². The molecule has 2 nitrogen and oxygen atoms in total. The van der Waals surface area contributed by atoms with Gasteiger partial charge in [-0.25, -0.2) is 0 Å². The van der Waals surface area contributed by atoms with Gasteiger partial charge in [0.2, 0.25) is 0 Å². The monoisotopic (exact) mass is 200 g/mol. The number of aromatic nitrogens is 2. The fourth-order valence-electron chi connectivity index (χ4n) is 0.739. The van der Waals surface area contributed by atoms with Crippen LogP contribution in [0.25, 0.3) is 0 Å². The van der Waals surface area contributed by atoms with Crippen LogP contribution in [0.15, 0.2) is 6.07 Å². The van der Waals surface area contributed by atoms with Crippen LogP contribution in [0.3, 0.4) is 0 Å². The Morgan fingerprint density at radius 1 is 1.40 bits per heavy atom. The summed E-state index contributed by atoms with van der Waals surface area (Å²) in [6.45, 7) is 3.90. The molecular weight excluding hydrogens is 192 g/mol. The third-order valence-electron chi connectivity index (χ3n) is 1.35. The number of halogens is 1. The minimum Gasteiger partial charge on any atom is -0.156 e. The van der Waals surface area contributed by atoms with Gasteiger partial charge < -0.3 is 0 Å². The van der Waals surface area contributed by atoms with Crippen molar-refractivity contribution in [3.8, 4) is 0 Å². The van der Waals surface area contributed by atoms with E-state index in [0.717, 1.165) is 16.7 Å². The summed E-state index contributed by atoms with van der Waals surface area (Å²) in [5.41, 5.74) is 3.19. The van der Waals surface area contributed by atoms with Crippen LogP contribution in [-0.2, 0) is 5.33 Å². The Labute approximate surface area is 68.8 Å². The van der Waals surface area contributed by atoms with Gasteiger partial charge in [-0.15, -0.1) is 0 Å². The van der Waals surface area contributed by atoms with Gasteiger partial charge in [0.1, 0.15) is 0 Å². The van der Waals surface area contributed by atoms with E-state index >= 15 is 0 Å². The lowest BCUT2D eigenvalue weighted by molar-refractivity contribution is 0.922. The van der Waals surface area contributed by atoms with Crippen LogP contribution in [0.2, 0.25) is 0 Å². The van der Waals surface area contributed by atoms with Crippen LogP contribution < -0.4 is 0 Å². The highest BCUT2D eigenvalue weighted by Gasteiger charge is 1.97. The van der Waals surface area contributed by atoms with Crippen LogP contribution in [0.5, 0.6) is 0 Å². The zero-order chi connectivity index (χ0) is 7.56. The zero-order valence-electron chi connectivity index (χ0n) is 6.06. The number of rotatable bonds is 1. The molecule has 1 aromatic heterocycles. The largest absolute Gasteiger partial charge is 0.156 e. The van der Waals surface area contributed by atoms with Crippen molar-refractivity contribution in [3.05, 3.63) is 23.0 Å².